The van der Waals surface area contributed by atoms with Gasteiger partial charge in [0.05, 0.1) is 0 Å². The highest BCUT2D eigenvalue weighted by Crippen LogP contribution is 2.15. The van der Waals surface area contributed by atoms with Gasteiger partial charge in [0.1, 0.15) is 0 Å². The third-order valence-corrected chi connectivity index (χ3v) is 3.15. The summed E-state index contributed by atoms with van der Waals surface area (Å²) in [5, 5.41) is 3.34. The normalized spacial score (nSPS) is 10.6. The van der Waals surface area contributed by atoms with Crippen molar-refractivity contribution in [3.8, 4) is 0 Å². The van der Waals surface area contributed by atoms with Crippen LogP contribution in [0.3, 0.4) is 0 Å². The molecule has 2 rings (SSSR count). The summed E-state index contributed by atoms with van der Waals surface area (Å²) in [6.45, 7) is 0. The summed E-state index contributed by atoms with van der Waals surface area (Å²) in [4.78, 5) is 11.7. The average Bonchev–Trinajstić information content (AvgIpc) is 2.38. The number of carbonyl (C=O) groups excluding carboxylic acids is 1. The Morgan fingerprint density at radius 3 is 2.58 bits per heavy atom. The zero-order chi connectivity index (χ0) is 13.7. The highest BCUT2D eigenvalue weighted by atomic mass is 79.9. The molecule has 0 saturated heterocycles. The van der Waals surface area contributed by atoms with Gasteiger partial charge in [-0.15, -0.1) is 0 Å². The number of nitrogens with one attached hydrogen (secondary N) is 1. The zero-order valence-electron chi connectivity index (χ0n) is 9.94. The third kappa shape index (κ3) is 4.54. The summed E-state index contributed by atoms with van der Waals surface area (Å²) >= 11 is 9.20. The first-order valence-electron chi connectivity index (χ1n) is 5.64. The topological polar surface area (TPSA) is 29.1 Å². The van der Waals surface area contributed by atoms with Crippen molar-refractivity contribution in [3.05, 3.63) is 69.7 Å². The molecule has 19 heavy (non-hydrogen) atoms. The minimum Gasteiger partial charge on any atom is -0.322 e. The molecule has 96 valence electrons. The molecule has 2 nitrogen and oxygen atoms in total. The second kappa shape index (κ2) is 6.55. The molecule has 0 aliphatic carbocycles. The molecule has 0 aliphatic rings. The van der Waals surface area contributed by atoms with E-state index < -0.39 is 0 Å². The summed E-state index contributed by atoms with van der Waals surface area (Å²) in [7, 11) is 0. The molecule has 0 spiro atoms. The summed E-state index contributed by atoms with van der Waals surface area (Å²) < 4.78 is 1.01. The van der Waals surface area contributed by atoms with Crippen LogP contribution in [0.1, 0.15) is 5.56 Å². The van der Waals surface area contributed by atoms with E-state index >= 15 is 0 Å². The molecule has 1 N–H and O–H groups in total. The lowest BCUT2D eigenvalue weighted by molar-refractivity contribution is -0.111. The van der Waals surface area contributed by atoms with Crippen molar-refractivity contribution in [2.75, 3.05) is 5.32 Å². The maximum absolute atomic E-state index is 11.7. The summed E-state index contributed by atoms with van der Waals surface area (Å²) in [6.07, 6.45) is 3.25. The van der Waals surface area contributed by atoms with Crippen LogP contribution >= 0.6 is 27.5 Å². The lowest BCUT2D eigenvalue weighted by Crippen LogP contribution is -2.07. The van der Waals surface area contributed by atoms with Crippen LogP contribution in [0.4, 0.5) is 5.69 Å². The van der Waals surface area contributed by atoms with Gasteiger partial charge in [-0.2, -0.15) is 0 Å². The van der Waals surface area contributed by atoms with Gasteiger partial charge >= 0.3 is 0 Å². The highest BCUT2D eigenvalue weighted by Gasteiger charge is 1.98. The van der Waals surface area contributed by atoms with Crippen molar-refractivity contribution in [1.29, 1.82) is 0 Å². The van der Waals surface area contributed by atoms with Crippen LogP contribution < -0.4 is 5.32 Å². The molecule has 0 atom stereocenters. The Hall–Kier alpha value is -1.58. The van der Waals surface area contributed by atoms with Crippen LogP contribution in [0.25, 0.3) is 6.08 Å². The quantitative estimate of drug-likeness (QED) is 0.805. The lowest BCUT2D eigenvalue weighted by Gasteiger charge is -2.02. The van der Waals surface area contributed by atoms with Crippen molar-refractivity contribution >= 4 is 45.2 Å². The van der Waals surface area contributed by atoms with E-state index in [9.17, 15) is 4.79 Å². The van der Waals surface area contributed by atoms with Crippen LogP contribution in [-0.4, -0.2) is 5.91 Å². The SMILES string of the molecule is O=C(/C=C/c1ccc(Br)cc1)Nc1cccc(Cl)c1. The van der Waals surface area contributed by atoms with E-state index in [2.05, 4.69) is 21.2 Å². The van der Waals surface area contributed by atoms with Crippen molar-refractivity contribution in [2.24, 2.45) is 0 Å². The number of anilines is 1. The van der Waals surface area contributed by atoms with E-state index in [0.717, 1.165) is 10.0 Å². The number of halogens is 2. The fourth-order valence-corrected chi connectivity index (χ4v) is 1.95. The number of hydrogen-bond donors (Lipinski definition) is 1. The Balaban J connectivity index is 1.99. The Bertz CT molecular complexity index is 608. The van der Waals surface area contributed by atoms with E-state index in [0.29, 0.717) is 10.7 Å². The van der Waals surface area contributed by atoms with Gasteiger partial charge in [0.15, 0.2) is 0 Å². The van der Waals surface area contributed by atoms with Crippen LogP contribution in [0.2, 0.25) is 5.02 Å². The zero-order valence-corrected chi connectivity index (χ0v) is 12.3. The Morgan fingerprint density at radius 1 is 1.16 bits per heavy atom. The van der Waals surface area contributed by atoms with Gasteiger partial charge in [-0.3, -0.25) is 4.79 Å². The molecule has 0 saturated carbocycles. The molecule has 0 bridgehead atoms. The largest absolute Gasteiger partial charge is 0.322 e. The van der Waals surface area contributed by atoms with E-state index in [1.54, 1.807) is 30.3 Å². The van der Waals surface area contributed by atoms with Crippen molar-refractivity contribution in [2.45, 2.75) is 0 Å². The predicted octanol–water partition coefficient (Wildman–Crippen LogP) is 4.75. The van der Waals surface area contributed by atoms with Crippen molar-refractivity contribution in [3.63, 3.8) is 0 Å². The van der Waals surface area contributed by atoms with E-state index in [1.807, 2.05) is 24.3 Å². The van der Waals surface area contributed by atoms with Crippen molar-refractivity contribution < 1.29 is 4.79 Å². The summed E-state index contributed by atoms with van der Waals surface area (Å²) in [6, 6.07) is 14.7. The average molecular weight is 337 g/mol. The van der Waals surface area contributed by atoms with Crippen LogP contribution in [0, 0.1) is 0 Å². The van der Waals surface area contributed by atoms with Crippen LogP contribution in [-0.2, 0) is 4.79 Å². The molecule has 0 aromatic heterocycles. The minimum absolute atomic E-state index is 0.190. The maximum Gasteiger partial charge on any atom is 0.248 e. The van der Waals surface area contributed by atoms with Gasteiger partial charge in [-0.1, -0.05) is 45.7 Å². The van der Waals surface area contributed by atoms with Crippen LogP contribution in [0.15, 0.2) is 59.1 Å². The lowest BCUT2D eigenvalue weighted by atomic mass is 10.2. The fraction of sp³-hybridized carbons (Fsp3) is 0. The van der Waals surface area contributed by atoms with Crippen molar-refractivity contribution in [1.82, 2.24) is 0 Å². The predicted molar refractivity (Wildman–Crippen MR) is 83.3 cm³/mol. The van der Waals surface area contributed by atoms with Gasteiger partial charge < -0.3 is 5.32 Å². The summed E-state index contributed by atoms with van der Waals surface area (Å²) in [5.74, 6) is -0.190. The van der Waals surface area contributed by atoms with E-state index in [4.69, 9.17) is 11.6 Å². The number of amides is 1. The molecule has 0 fully saturated rings. The first-order chi connectivity index (χ1) is 9.13. The maximum atomic E-state index is 11.7. The van der Waals surface area contributed by atoms with E-state index in [1.165, 1.54) is 6.08 Å². The van der Waals surface area contributed by atoms with E-state index in [-0.39, 0.29) is 5.91 Å². The molecule has 0 aliphatic heterocycles. The van der Waals surface area contributed by atoms with Gasteiger partial charge in [-0.05, 0) is 42.0 Å². The molecule has 2 aromatic carbocycles. The first kappa shape index (κ1) is 13.8. The third-order valence-electron chi connectivity index (χ3n) is 2.39. The van der Waals surface area contributed by atoms with Gasteiger partial charge in [-0.25, -0.2) is 0 Å². The van der Waals surface area contributed by atoms with Gasteiger partial charge in [0.2, 0.25) is 5.91 Å². The summed E-state index contributed by atoms with van der Waals surface area (Å²) in [5.41, 5.74) is 1.64. The standard InChI is InChI=1S/C15H11BrClNO/c16-12-7-4-11(5-8-12)6-9-15(19)18-14-3-1-2-13(17)10-14/h1-10H,(H,18,19)/b9-6+. The fourth-order valence-electron chi connectivity index (χ4n) is 1.50. The number of hydrogen-bond acceptors (Lipinski definition) is 1. The second-order valence-electron chi connectivity index (χ2n) is 3.88. The molecule has 0 unspecified atom stereocenters. The molecule has 0 heterocycles. The molecule has 4 heteroatoms. The highest BCUT2D eigenvalue weighted by molar-refractivity contribution is 9.10. The van der Waals surface area contributed by atoms with Crippen LogP contribution in [0.5, 0.6) is 0 Å². The molecule has 1 amide bonds. The minimum atomic E-state index is -0.190. The Kier molecular flexibility index (Phi) is 4.77. The number of carbonyl (C=O) groups is 1. The smallest absolute Gasteiger partial charge is 0.248 e. The molecular weight excluding hydrogens is 326 g/mol. The molecule has 2 aromatic rings. The number of benzene rings is 2. The monoisotopic (exact) mass is 335 g/mol. The second-order valence-corrected chi connectivity index (χ2v) is 5.24. The Labute approximate surface area is 125 Å². The Morgan fingerprint density at radius 2 is 1.89 bits per heavy atom. The van der Waals surface area contributed by atoms with Gasteiger partial charge in [0.25, 0.3) is 0 Å². The molecular formula is C15H11BrClNO. The first-order valence-corrected chi connectivity index (χ1v) is 6.81. The van der Waals surface area contributed by atoms with Gasteiger partial charge in [0, 0.05) is 21.3 Å². The number of rotatable bonds is 3. The molecule has 0 radical (unpaired) electrons.